The SMILES string of the molecule is Cc1ncn(CC(N)C(=O)O)c(=O)c1Br. The van der Waals surface area contributed by atoms with E-state index in [0.29, 0.717) is 10.2 Å². The molecular formula is C8H10BrN3O3. The quantitative estimate of drug-likeness (QED) is 0.791. The van der Waals surface area contributed by atoms with Crippen molar-refractivity contribution in [2.45, 2.75) is 19.5 Å². The van der Waals surface area contributed by atoms with Gasteiger partial charge in [-0.1, -0.05) is 0 Å². The number of aliphatic carboxylic acids is 1. The summed E-state index contributed by atoms with van der Waals surface area (Å²) in [5.74, 6) is -1.15. The number of carboxylic acids is 1. The molecule has 1 unspecified atom stereocenters. The summed E-state index contributed by atoms with van der Waals surface area (Å²) < 4.78 is 1.48. The maximum atomic E-state index is 11.6. The molecule has 0 fully saturated rings. The number of rotatable bonds is 3. The fourth-order valence-corrected chi connectivity index (χ4v) is 1.30. The summed E-state index contributed by atoms with van der Waals surface area (Å²) in [4.78, 5) is 26.0. The molecule has 0 aliphatic rings. The molecule has 1 atom stereocenters. The van der Waals surface area contributed by atoms with Gasteiger partial charge in [-0.2, -0.15) is 0 Å². The third kappa shape index (κ3) is 2.63. The van der Waals surface area contributed by atoms with E-state index in [1.165, 1.54) is 6.33 Å². The predicted octanol–water partition coefficient (Wildman–Crippen LogP) is -0.274. The normalized spacial score (nSPS) is 12.5. The Morgan fingerprint density at radius 1 is 1.80 bits per heavy atom. The second-order valence-corrected chi connectivity index (χ2v) is 3.84. The zero-order chi connectivity index (χ0) is 11.6. The number of nitrogens with zero attached hydrogens (tertiary/aromatic N) is 2. The Balaban J connectivity index is 3.02. The van der Waals surface area contributed by atoms with Crippen molar-refractivity contribution in [1.82, 2.24) is 9.55 Å². The molecule has 82 valence electrons. The molecule has 1 heterocycles. The van der Waals surface area contributed by atoms with Crippen LogP contribution in [-0.2, 0) is 11.3 Å². The first-order valence-corrected chi connectivity index (χ1v) is 4.92. The van der Waals surface area contributed by atoms with Gasteiger partial charge in [0.25, 0.3) is 5.56 Å². The van der Waals surface area contributed by atoms with E-state index in [4.69, 9.17) is 10.8 Å². The van der Waals surface area contributed by atoms with E-state index in [1.54, 1.807) is 6.92 Å². The zero-order valence-corrected chi connectivity index (χ0v) is 9.56. The molecule has 0 radical (unpaired) electrons. The third-order valence-corrected chi connectivity index (χ3v) is 2.78. The highest BCUT2D eigenvalue weighted by Crippen LogP contribution is 2.05. The standard InChI is InChI=1S/C8H10BrN3O3/c1-4-6(9)7(13)12(3-11-4)2-5(10)8(14)15/h3,5H,2,10H2,1H3,(H,14,15). The molecule has 0 spiro atoms. The van der Waals surface area contributed by atoms with Crippen molar-refractivity contribution in [2.75, 3.05) is 0 Å². The number of aromatic nitrogens is 2. The first-order valence-electron chi connectivity index (χ1n) is 4.13. The van der Waals surface area contributed by atoms with Crippen LogP contribution in [0.25, 0.3) is 0 Å². The van der Waals surface area contributed by atoms with E-state index >= 15 is 0 Å². The molecule has 3 N–H and O–H groups in total. The van der Waals surface area contributed by atoms with Crippen molar-refractivity contribution in [2.24, 2.45) is 5.73 Å². The van der Waals surface area contributed by atoms with E-state index < -0.39 is 12.0 Å². The Bertz CT molecular complexity index is 443. The molecule has 1 aromatic rings. The number of hydrogen-bond acceptors (Lipinski definition) is 4. The van der Waals surface area contributed by atoms with Gasteiger partial charge in [0.1, 0.15) is 10.5 Å². The Hall–Kier alpha value is -1.21. The van der Waals surface area contributed by atoms with Gasteiger partial charge in [-0.25, -0.2) is 4.98 Å². The summed E-state index contributed by atoms with van der Waals surface area (Å²) >= 11 is 3.07. The van der Waals surface area contributed by atoms with E-state index in [0.717, 1.165) is 4.57 Å². The maximum absolute atomic E-state index is 11.6. The molecule has 1 aromatic heterocycles. The molecule has 0 aliphatic heterocycles. The highest BCUT2D eigenvalue weighted by atomic mass is 79.9. The lowest BCUT2D eigenvalue weighted by Crippen LogP contribution is -2.38. The molecule has 0 bridgehead atoms. The van der Waals surface area contributed by atoms with Gasteiger partial charge in [0.15, 0.2) is 0 Å². The Labute approximate surface area is 93.9 Å². The second-order valence-electron chi connectivity index (χ2n) is 3.05. The average molecular weight is 276 g/mol. The van der Waals surface area contributed by atoms with Crippen LogP contribution in [0.2, 0.25) is 0 Å². The van der Waals surface area contributed by atoms with E-state index in [-0.39, 0.29) is 12.1 Å². The van der Waals surface area contributed by atoms with Gasteiger partial charge < -0.3 is 10.8 Å². The van der Waals surface area contributed by atoms with Crippen LogP contribution in [0.3, 0.4) is 0 Å². The fraction of sp³-hybridized carbons (Fsp3) is 0.375. The number of carboxylic acid groups (broad SMARTS) is 1. The van der Waals surface area contributed by atoms with E-state index in [9.17, 15) is 9.59 Å². The van der Waals surface area contributed by atoms with Crippen molar-refractivity contribution in [3.63, 3.8) is 0 Å². The van der Waals surface area contributed by atoms with Gasteiger partial charge >= 0.3 is 5.97 Å². The molecule has 0 amide bonds. The largest absolute Gasteiger partial charge is 0.480 e. The minimum absolute atomic E-state index is 0.0972. The summed E-state index contributed by atoms with van der Waals surface area (Å²) in [6, 6.07) is -1.11. The molecule has 0 aliphatic carbocycles. The summed E-state index contributed by atoms with van der Waals surface area (Å²) in [6.45, 7) is 1.58. The first-order chi connectivity index (χ1) is 6.93. The highest BCUT2D eigenvalue weighted by molar-refractivity contribution is 9.10. The molecule has 15 heavy (non-hydrogen) atoms. The van der Waals surface area contributed by atoms with Gasteiger partial charge in [-0.15, -0.1) is 0 Å². The Morgan fingerprint density at radius 2 is 2.40 bits per heavy atom. The molecule has 0 aromatic carbocycles. The summed E-state index contributed by atoms with van der Waals surface area (Å²) in [6.07, 6.45) is 1.28. The van der Waals surface area contributed by atoms with Gasteiger partial charge in [0, 0.05) is 0 Å². The predicted molar refractivity (Wildman–Crippen MR) is 56.5 cm³/mol. The topological polar surface area (TPSA) is 98.2 Å². The molecular weight excluding hydrogens is 266 g/mol. The van der Waals surface area contributed by atoms with Gasteiger partial charge in [0.05, 0.1) is 18.6 Å². The van der Waals surface area contributed by atoms with Crippen molar-refractivity contribution < 1.29 is 9.90 Å². The van der Waals surface area contributed by atoms with Crippen LogP contribution in [0, 0.1) is 6.92 Å². The van der Waals surface area contributed by atoms with Crippen LogP contribution in [0.1, 0.15) is 5.69 Å². The van der Waals surface area contributed by atoms with Crippen LogP contribution in [0.4, 0.5) is 0 Å². The lowest BCUT2D eigenvalue weighted by atomic mass is 10.3. The number of hydrogen-bond donors (Lipinski definition) is 2. The Morgan fingerprint density at radius 3 is 2.93 bits per heavy atom. The van der Waals surface area contributed by atoms with Crippen molar-refractivity contribution in [3.8, 4) is 0 Å². The van der Waals surface area contributed by atoms with Crippen molar-refractivity contribution >= 4 is 21.9 Å². The molecule has 1 rings (SSSR count). The third-order valence-electron chi connectivity index (χ3n) is 1.87. The van der Waals surface area contributed by atoms with Crippen LogP contribution in [-0.4, -0.2) is 26.7 Å². The lowest BCUT2D eigenvalue weighted by molar-refractivity contribution is -0.138. The summed E-state index contributed by atoms with van der Waals surface area (Å²) in [5.41, 5.74) is 5.52. The van der Waals surface area contributed by atoms with Crippen LogP contribution in [0.15, 0.2) is 15.6 Å². The average Bonchev–Trinajstić information content (AvgIpc) is 2.18. The highest BCUT2D eigenvalue weighted by Gasteiger charge is 2.14. The zero-order valence-electron chi connectivity index (χ0n) is 7.98. The van der Waals surface area contributed by atoms with E-state index in [2.05, 4.69) is 20.9 Å². The van der Waals surface area contributed by atoms with Crippen LogP contribution in [0.5, 0.6) is 0 Å². The smallest absolute Gasteiger partial charge is 0.322 e. The fourth-order valence-electron chi connectivity index (χ4n) is 0.966. The number of aryl methyl sites for hydroxylation is 1. The summed E-state index contributed by atoms with van der Waals surface area (Å²) in [7, 11) is 0. The number of carbonyl (C=O) groups is 1. The molecule has 0 saturated heterocycles. The lowest BCUT2D eigenvalue weighted by Gasteiger charge is -2.09. The Kier molecular flexibility index (Phi) is 3.59. The van der Waals surface area contributed by atoms with Crippen molar-refractivity contribution in [3.05, 3.63) is 26.8 Å². The monoisotopic (exact) mass is 275 g/mol. The van der Waals surface area contributed by atoms with Crippen molar-refractivity contribution in [1.29, 1.82) is 0 Å². The van der Waals surface area contributed by atoms with Gasteiger partial charge in [0.2, 0.25) is 0 Å². The number of halogens is 1. The first kappa shape index (κ1) is 11.9. The molecule has 7 heteroatoms. The second kappa shape index (κ2) is 4.54. The van der Waals surface area contributed by atoms with Gasteiger partial charge in [-0.05, 0) is 22.9 Å². The minimum atomic E-state index is -1.15. The van der Waals surface area contributed by atoms with Gasteiger partial charge in [-0.3, -0.25) is 14.2 Å². The molecule has 0 saturated carbocycles. The maximum Gasteiger partial charge on any atom is 0.322 e. The van der Waals surface area contributed by atoms with E-state index in [1.807, 2.05) is 0 Å². The van der Waals surface area contributed by atoms with Crippen LogP contribution < -0.4 is 11.3 Å². The molecule has 6 nitrogen and oxygen atoms in total. The number of nitrogens with two attached hydrogens (primary N) is 1. The van der Waals surface area contributed by atoms with Crippen LogP contribution >= 0.6 is 15.9 Å². The minimum Gasteiger partial charge on any atom is -0.480 e. The summed E-state index contributed by atoms with van der Waals surface area (Å²) in [5, 5.41) is 8.59.